The highest BCUT2D eigenvalue weighted by Gasteiger charge is 2.28. The number of rotatable bonds is 4. The van der Waals surface area contributed by atoms with Crippen LogP contribution in [0.1, 0.15) is 22.3 Å². The van der Waals surface area contributed by atoms with E-state index < -0.39 is 0 Å². The number of thiophene rings is 1. The van der Waals surface area contributed by atoms with Crippen molar-refractivity contribution in [1.29, 1.82) is 0 Å². The van der Waals surface area contributed by atoms with Crippen molar-refractivity contribution < 1.29 is 0 Å². The van der Waals surface area contributed by atoms with Crippen molar-refractivity contribution in [2.45, 2.75) is 12.8 Å². The Bertz CT molecular complexity index is 3840. The van der Waals surface area contributed by atoms with E-state index in [4.69, 9.17) is 0 Å². The Labute approximate surface area is 381 Å². The molecule has 0 saturated carbocycles. The maximum atomic E-state index is 2.49. The fraction of sp³-hybridized carbons (Fsp3) is 0.0323. The van der Waals surface area contributed by atoms with Crippen molar-refractivity contribution in [2.75, 3.05) is 9.80 Å². The van der Waals surface area contributed by atoms with Crippen LogP contribution in [0.2, 0.25) is 0 Å². The lowest BCUT2D eigenvalue weighted by molar-refractivity contribution is 1.09. The predicted molar refractivity (Wildman–Crippen MR) is 278 cm³/mol. The third-order valence-corrected chi connectivity index (χ3v) is 15.2. The lowest BCUT2D eigenvalue weighted by Crippen LogP contribution is -2.18. The zero-order valence-electron chi connectivity index (χ0n) is 35.5. The van der Waals surface area contributed by atoms with Crippen molar-refractivity contribution in [3.8, 4) is 22.3 Å². The molecule has 0 atom stereocenters. The van der Waals surface area contributed by atoms with E-state index in [1.54, 1.807) is 0 Å². The topological polar surface area (TPSA) is 6.48 Å². The number of para-hydroxylation sites is 4. The molecule has 0 spiro atoms. The van der Waals surface area contributed by atoms with Crippen LogP contribution in [0.25, 0.3) is 74.7 Å². The minimum Gasteiger partial charge on any atom is -0.310 e. The molecule has 12 aromatic rings. The predicted octanol–water partition coefficient (Wildman–Crippen LogP) is 17.6. The highest BCUT2D eigenvalue weighted by molar-refractivity contribution is 7.25. The van der Waals surface area contributed by atoms with Gasteiger partial charge in [-0.1, -0.05) is 152 Å². The van der Waals surface area contributed by atoms with Gasteiger partial charge in [-0.2, -0.15) is 0 Å². The van der Waals surface area contributed by atoms with Crippen molar-refractivity contribution >= 4 is 98.0 Å². The molecular weight excluding hydrogens is 805 g/mol. The Balaban J connectivity index is 1.12. The van der Waals surface area contributed by atoms with E-state index in [1.165, 1.54) is 120 Å². The molecule has 14 rings (SSSR count). The van der Waals surface area contributed by atoms with Gasteiger partial charge in [0.15, 0.2) is 0 Å². The maximum absolute atomic E-state index is 2.49. The molecule has 0 amide bonds. The van der Waals surface area contributed by atoms with Crippen LogP contribution in [-0.2, 0) is 12.8 Å². The Kier molecular flexibility index (Phi) is 8.01. The normalized spacial score (nSPS) is 13.0. The molecule has 2 aliphatic heterocycles. The van der Waals surface area contributed by atoms with Gasteiger partial charge in [0.25, 0.3) is 0 Å². The molecule has 65 heavy (non-hydrogen) atoms. The highest BCUT2D eigenvalue weighted by Crippen LogP contribution is 2.52. The quantitative estimate of drug-likeness (QED) is 0.163. The Hall–Kier alpha value is -7.98. The van der Waals surface area contributed by atoms with Crippen molar-refractivity contribution in [2.24, 2.45) is 0 Å². The van der Waals surface area contributed by atoms with Crippen LogP contribution in [0.5, 0.6) is 0 Å². The lowest BCUT2D eigenvalue weighted by Gasteiger charge is -2.34. The summed E-state index contributed by atoms with van der Waals surface area (Å²) in [4.78, 5) is 4.98. The van der Waals surface area contributed by atoms with Crippen LogP contribution in [0, 0.1) is 0 Å². The first kappa shape index (κ1) is 36.5. The van der Waals surface area contributed by atoms with Crippen LogP contribution in [0.4, 0.5) is 34.1 Å². The van der Waals surface area contributed by atoms with Gasteiger partial charge in [-0.25, -0.2) is 0 Å². The van der Waals surface area contributed by atoms with E-state index in [-0.39, 0.29) is 0 Å². The molecule has 11 aromatic carbocycles. The van der Waals surface area contributed by atoms with Gasteiger partial charge in [-0.3, -0.25) is 0 Å². The average Bonchev–Trinajstić information content (AvgIpc) is 3.74. The highest BCUT2D eigenvalue weighted by atomic mass is 32.1. The second kappa shape index (κ2) is 14.3. The van der Waals surface area contributed by atoms with Gasteiger partial charge in [-0.15, -0.1) is 11.3 Å². The molecule has 304 valence electrons. The number of benzene rings is 11. The Morgan fingerprint density at radius 3 is 1.40 bits per heavy atom. The van der Waals surface area contributed by atoms with Crippen LogP contribution in [0.15, 0.2) is 218 Å². The van der Waals surface area contributed by atoms with E-state index in [9.17, 15) is 0 Å². The minimum atomic E-state index is 0.917. The lowest BCUT2D eigenvalue weighted by atomic mass is 9.83. The number of hydrogen-bond donors (Lipinski definition) is 0. The monoisotopic (exact) mass is 844 g/mol. The number of hydrogen-bond acceptors (Lipinski definition) is 3. The summed E-state index contributed by atoms with van der Waals surface area (Å²) in [5.41, 5.74) is 17.6. The second-order valence-corrected chi connectivity index (χ2v) is 18.7. The molecule has 2 nitrogen and oxygen atoms in total. The SMILES string of the molecule is c1ccc2c(c1)Cc1ccccc1N2c1ccc2c(-c3cccc4ccccc34)c3cc(N4c5ccccc5Cc5ccccc54)ccc3c(-c3ccc4sc5ccccc5c4c3)c2c1. The van der Waals surface area contributed by atoms with Gasteiger partial charge in [0.2, 0.25) is 0 Å². The largest absolute Gasteiger partial charge is 0.310 e. The summed E-state index contributed by atoms with van der Waals surface area (Å²) in [6.45, 7) is 0. The first-order valence-electron chi connectivity index (χ1n) is 22.6. The fourth-order valence-corrected chi connectivity index (χ4v) is 12.2. The van der Waals surface area contributed by atoms with Crippen LogP contribution in [0.3, 0.4) is 0 Å². The number of nitrogens with zero attached hydrogens (tertiary/aromatic N) is 2. The van der Waals surface area contributed by atoms with Gasteiger partial charge in [0, 0.05) is 67.1 Å². The standard InChI is InChI=1S/C62H40N2S/c1-6-20-47-39(14-1)19-13-22-49(47)62-51-32-30-45(63-55-23-8-2-15-40(55)34-41-16-3-9-24-56(41)63)37-53(51)61(44-28-33-60-52(36-44)48-21-7-12-27-59(48)65-60)50-31-29-46(38-54(50)62)64-57-25-10-4-17-42(57)35-43-18-5-11-26-58(43)64/h1-33,36-38H,34-35H2. The molecule has 0 aliphatic carbocycles. The summed E-state index contributed by atoms with van der Waals surface area (Å²) in [6.07, 6.45) is 1.83. The summed E-state index contributed by atoms with van der Waals surface area (Å²) in [5.74, 6) is 0. The second-order valence-electron chi connectivity index (χ2n) is 17.6. The average molecular weight is 845 g/mol. The van der Waals surface area contributed by atoms with E-state index >= 15 is 0 Å². The van der Waals surface area contributed by atoms with Crippen molar-refractivity contribution in [3.63, 3.8) is 0 Å². The van der Waals surface area contributed by atoms with E-state index in [0.29, 0.717) is 0 Å². The summed E-state index contributed by atoms with van der Waals surface area (Å²) < 4.78 is 2.62. The smallest absolute Gasteiger partial charge is 0.0497 e. The third-order valence-electron chi connectivity index (χ3n) is 14.0. The van der Waals surface area contributed by atoms with E-state index in [2.05, 4.69) is 228 Å². The summed E-state index contributed by atoms with van der Waals surface area (Å²) in [7, 11) is 0. The van der Waals surface area contributed by atoms with Gasteiger partial charge in [0.1, 0.15) is 0 Å². The van der Waals surface area contributed by atoms with Crippen LogP contribution in [-0.4, -0.2) is 0 Å². The summed E-state index contributed by atoms with van der Waals surface area (Å²) in [6, 6.07) is 81.9. The van der Waals surface area contributed by atoms with Gasteiger partial charge >= 0.3 is 0 Å². The minimum absolute atomic E-state index is 0.917. The van der Waals surface area contributed by atoms with Gasteiger partial charge < -0.3 is 9.80 Å². The maximum Gasteiger partial charge on any atom is 0.0497 e. The molecule has 1 aromatic heterocycles. The molecule has 3 heterocycles. The Morgan fingerprint density at radius 1 is 0.308 bits per heavy atom. The van der Waals surface area contributed by atoms with Crippen LogP contribution < -0.4 is 9.80 Å². The molecule has 0 bridgehead atoms. The molecular formula is C62H40N2S. The number of fused-ring (bicyclic) bond motifs is 10. The molecule has 3 heteroatoms. The van der Waals surface area contributed by atoms with Crippen molar-refractivity contribution in [3.05, 3.63) is 241 Å². The van der Waals surface area contributed by atoms with Gasteiger partial charge in [-0.05, 0) is 144 Å². The van der Waals surface area contributed by atoms with E-state index in [0.717, 1.165) is 24.2 Å². The summed E-state index contributed by atoms with van der Waals surface area (Å²) >= 11 is 1.88. The first-order valence-corrected chi connectivity index (χ1v) is 23.4. The zero-order chi connectivity index (χ0) is 42.6. The Morgan fingerprint density at radius 2 is 0.785 bits per heavy atom. The molecule has 0 N–H and O–H groups in total. The fourth-order valence-electron chi connectivity index (χ4n) is 11.1. The molecule has 0 fully saturated rings. The molecule has 0 radical (unpaired) electrons. The molecule has 0 saturated heterocycles. The molecule has 2 aliphatic rings. The van der Waals surface area contributed by atoms with Crippen molar-refractivity contribution in [1.82, 2.24) is 0 Å². The zero-order valence-corrected chi connectivity index (χ0v) is 36.3. The van der Waals surface area contributed by atoms with E-state index in [1.807, 2.05) is 11.3 Å². The third kappa shape index (κ3) is 5.59. The number of anilines is 6. The summed E-state index contributed by atoms with van der Waals surface area (Å²) in [5, 5.41) is 10.0. The van der Waals surface area contributed by atoms with Gasteiger partial charge in [0.05, 0.1) is 0 Å². The first-order chi connectivity index (χ1) is 32.2. The van der Waals surface area contributed by atoms with Crippen LogP contribution >= 0.6 is 11.3 Å². The molecule has 0 unspecified atom stereocenters.